The molecule has 188 valence electrons. The predicted molar refractivity (Wildman–Crippen MR) is 112 cm³/mol. The predicted octanol–water partition coefficient (Wildman–Crippen LogP) is 6.35. The van der Waals surface area contributed by atoms with Crippen LogP contribution in [0, 0.1) is 11.6 Å². The molecule has 2 N–H and O–H groups in total. The lowest BCUT2D eigenvalue weighted by molar-refractivity contribution is -0.137. The van der Waals surface area contributed by atoms with Crippen molar-refractivity contribution in [1.82, 2.24) is 4.98 Å². The van der Waals surface area contributed by atoms with Crippen LogP contribution < -0.4 is 5.32 Å². The molecule has 1 fully saturated rings. The summed E-state index contributed by atoms with van der Waals surface area (Å²) in [6.07, 6.45) is -6.56. The molecule has 1 heterocycles. The van der Waals surface area contributed by atoms with Crippen LogP contribution in [0.3, 0.4) is 0 Å². The number of carbonyl (C=O) groups excluding carboxylic acids is 1. The van der Waals surface area contributed by atoms with E-state index in [0.29, 0.717) is 6.07 Å². The second-order valence-electron chi connectivity index (χ2n) is 8.19. The van der Waals surface area contributed by atoms with E-state index in [9.17, 15) is 45.4 Å². The number of anilines is 1. The zero-order valence-corrected chi connectivity index (χ0v) is 18.0. The fraction of sp³-hybridized carbons (Fsp3) is 0.208. The van der Waals surface area contributed by atoms with Gasteiger partial charge in [0.05, 0.1) is 16.5 Å². The van der Waals surface area contributed by atoms with Gasteiger partial charge in [-0.3, -0.25) is 9.78 Å². The van der Waals surface area contributed by atoms with Crippen LogP contribution in [0.2, 0.25) is 0 Å². The second-order valence-corrected chi connectivity index (χ2v) is 8.19. The smallest absolute Gasteiger partial charge is 0.416 e. The largest absolute Gasteiger partial charge is 0.478 e. The van der Waals surface area contributed by atoms with Crippen molar-refractivity contribution in [2.24, 2.45) is 0 Å². The number of halogens is 7. The Morgan fingerprint density at radius 2 is 1.69 bits per heavy atom. The molecule has 12 heteroatoms. The van der Waals surface area contributed by atoms with Crippen LogP contribution in [0.25, 0.3) is 11.1 Å². The third-order valence-electron chi connectivity index (χ3n) is 5.87. The molecule has 1 aromatic heterocycles. The summed E-state index contributed by atoms with van der Waals surface area (Å²) in [6, 6.07) is 5.51. The van der Waals surface area contributed by atoms with Crippen LogP contribution in [0.15, 0.2) is 48.7 Å². The maximum atomic E-state index is 15.0. The lowest BCUT2D eigenvalue weighted by Gasteiger charge is -2.19. The van der Waals surface area contributed by atoms with Gasteiger partial charge < -0.3 is 10.4 Å². The Balaban J connectivity index is 1.65. The normalized spacial score (nSPS) is 14.6. The fourth-order valence-corrected chi connectivity index (χ4v) is 3.90. The first-order chi connectivity index (χ1) is 16.8. The van der Waals surface area contributed by atoms with E-state index < -0.39 is 63.9 Å². The minimum Gasteiger partial charge on any atom is -0.478 e. The summed E-state index contributed by atoms with van der Waals surface area (Å²) in [5, 5.41) is 11.9. The molecule has 1 amide bonds. The molecule has 36 heavy (non-hydrogen) atoms. The minimum absolute atomic E-state index is 0.0994. The molecule has 4 rings (SSSR count). The Bertz CT molecular complexity index is 1350. The highest BCUT2D eigenvalue weighted by atomic mass is 19.4. The summed E-state index contributed by atoms with van der Waals surface area (Å²) in [7, 11) is 0. The molecule has 0 unspecified atom stereocenters. The average molecular weight is 512 g/mol. The summed E-state index contributed by atoms with van der Waals surface area (Å²) in [6.45, 7) is 0. The molecule has 0 aliphatic heterocycles. The lowest BCUT2D eigenvalue weighted by atomic mass is 9.92. The lowest BCUT2D eigenvalue weighted by Crippen LogP contribution is -2.29. The summed E-state index contributed by atoms with van der Waals surface area (Å²) < 4.78 is 93.5. The first-order valence-electron chi connectivity index (χ1n) is 10.3. The molecular formula is C24H15F7N2O3. The van der Waals surface area contributed by atoms with Crippen molar-refractivity contribution in [2.45, 2.75) is 30.9 Å². The standard InChI is InChI=1S/C24H15F7N2O3/c25-16-7-12(24(29,30)31)2-3-15(16)23(5-6-23)22(36)33-13-8-14(21(34)35)19(17(26)9-13)11-1-4-18(20(27)28)32-10-11/h1-4,7-10,20H,5-6H2,(H,33,36)(H,34,35). The van der Waals surface area contributed by atoms with Crippen LogP contribution in [0.4, 0.5) is 36.4 Å². The third-order valence-corrected chi connectivity index (χ3v) is 5.87. The number of aromatic carboxylic acids is 1. The van der Waals surface area contributed by atoms with Crippen LogP contribution in [0.1, 0.15) is 46.4 Å². The zero-order valence-electron chi connectivity index (χ0n) is 18.0. The zero-order chi connectivity index (χ0) is 26.4. The van der Waals surface area contributed by atoms with Gasteiger partial charge in [0.1, 0.15) is 17.3 Å². The Hall–Kier alpha value is -3.96. The summed E-state index contributed by atoms with van der Waals surface area (Å²) in [5.41, 5.74) is -5.04. The number of aromatic nitrogens is 1. The molecule has 0 atom stereocenters. The van der Waals surface area contributed by atoms with E-state index in [2.05, 4.69) is 10.3 Å². The van der Waals surface area contributed by atoms with Crippen LogP contribution in [-0.2, 0) is 16.4 Å². The van der Waals surface area contributed by atoms with E-state index in [-0.39, 0.29) is 35.7 Å². The van der Waals surface area contributed by atoms with E-state index in [1.165, 1.54) is 0 Å². The van der Waals surface area contributed by atoms with Crippen molar-refractivity contribution in [2.75, 3.05) is 5.32 Å². The second kappa shape index (κ2) is 8.92. The van der Waals surface area contributed by atoms with Gasteiger partial charge in [-0.1, -0.05) is 12.1 Å². The van der Waals surface area contributed by atoms with E-state index in [0.717, 1.165) is 36.5 Å². The molecule has 0 bridgehead atoms. The van der Waals surface area contributed by atoms with Crippen LogP contribution in [-0.4, -0.2) is 22.0 Å². The Morgan fingerprint density at radius 1 is 1.00 bits per heavy atom. The number of carboxylic acids is 1. The highest BCUT2D eigenvalue weighted by molar-refractivity contribution is 6.03. The fourth-order valence-electron chi connectivity index (χ4n) is 3.90. The number of alkyl halides is 5. The van der Waals surface area contributed by atoms with Gasteiger partial charge in [-0.25, -0.2) is 22.4 Å². The SMILES string of the molecule is O=C(O)c1cc(NC(=O)C2(c3ccc(C(F)(F)F)cc3F)CC2)cc(F)c1-c1ccc(C(F)F)nc1. The number of nitrogens with zero attached hydrogens (tertiary/aromatic N) is 1. The quantitative estimate of drug-likeness (QED) is 0.377. The van der Waals surface area contributed by atoms with Gasteiger partial charge in [0.15, 0.2) is 0 Å². The van der Waals surface area contributed by atoms with Gasteiger partial charge in [0.2, 0.25) is 5.91 Å². The highest BCUT2D eigenvalue weighted by Gasteiger charge is 2.53. The maximum Gasteiger partial charge on any atom is 0.416 e. The molecule has 5 nitrogen and oxygen atoms in total. The van der Waals surface area contributed by atoms with Gasteiger partial charge in [0.25, 0.3) is 6.43 Å². The van der Waals surface area contributed by atoms with Crippen molar-refractivity contribution in [3.05, 3.63) is 82.7 Å². The third kappa shape index (κ3) is 4.62. The molecule has 1 aliphatic carbocycles. The molecule has 1 saturated carbocycles. The first kappa shape index (κ1) is 25.1. The van der Waals surface area contributed by atoms with E-state index in [4.69, 9.17) is 0 Å². The van der Waals surface area contributed by atoms with Crippen LogP contribution in [0.5, 0.6) is 0 Å². The number of hydrogen-bond acceptors (Lipinski definition) is 3. The van der Waals surface area contributed by atoms with Gasteiger partial charge in [-0.2, -0.15) is 13.2 Å². The number of hydrogen-bond donors (Lipinski definition) is 2. The molecular weight excluding hydrogens is 497 g/mol. The number of nitrogens with one attached hydrogen (secondary N) is 1. The maximum absolute atomic E-state index is 15.0. The topological polar surface area (TPSA) is 79.3 Å². The monoisotopic (exact) mass is 512 g/mol. The molecule has 0 saturated heterocycles. The molecule has 1 aliphatic rings. The highest BCUT2D eigenvalue weighted by Crippen LogP contribution is 2.50. The first-order valence-corrected chi connectivity index (χ1v) is 10.3. The Labute approximate surface area is 198 Å². The number of amides is 1. The average Bonchev–Trinajstić information content (AvgIpc) is 3.60. The van der Waals surface area contributed by atoms with Crippen LogP contribution >= 0.6 is 0 Å². The number of carboxylic acid groups (broad SMARTS) is 1. The Morgan fingerprint density at radius 3 is 2.19 bits per heavy atom. The summed E-state index contributed by atoms with van der Waals surface area (Å²) in [5.74, 6) is -4.78. The number of pyridine rings is 1. The molecule has 3 aromatic rings. The van der Waals surface area contributed by atoms with E-state index in [1.54, 1.807) is 0 Å². The molecule has 0 spiro atoms. The van der Waals surface area contributed by atoms with Crippen molar-refractivity contribution in [3.8, 4) is 11.1 Å². The van der Waals surface area contributed by atoms with Crippen molar-refractivity contribution >= 4 is 17.6 Å². The molecule has 0 radical (unpaired) electrons. The molecule has 2 aromatic carbocycles. The van der Waals surface area contributed by atoms with E-state index in [1.807, 2.05) is 0 Å². The summed E-state index contributed by atoms with van der Waals surface area (Å²) >= 11 is 0. The van der Waals surface area contributed by atoms with Gasteiger partial charge in [-0.15, -0.1) is 0 Å². The van der Waals surface area contributed by atoms with Crippen molar-refractivity contribution in [3.63, 3.8) is 0 Å². The minimum atomic E-state index is -4.78. The van der Waals surface area contributed by atoms with E-state index >= 15 is 0 Å². The van der Waals surface area contributed by atoms with Gasteiger partial charge in [0, 0.05) is 28.6 Å². The number of benzene rings is 2. The van der Waals surface area contributed by atoms with Crippen molar-refractivity contribution in [1.29, 1.82) is 0 Å². The number of rotatable bonds is 6. The van der Waals surface area contributed by atoms with Gasteiger partial charge in [-0.05, 0) is 43.2 Å². The van der Waals surface area contributed by atoms with Crippen molar-refractivity contribution < 1.29 is 45.4 Å². The number of carbonyl (C=O) groups is 2. The Kier molecular flexibility index (Phi) is 6.23. The van der Waals surface area contributed by atoms with Gasteiger partial charge >= 0.3 is 12.1 Å². The summed E-state index contributed by atoms with van der Waals surface area (Å²) in [4.78, 5) is 28.2.